The van der Waals surface area contributed by atoms with E-state index in [0.29, 0.717) is 45.8 Å². The number of rotatable bonds is 8. The summed E-state index contributed by atoms with van der Waals surface area (Å²) in [4.78, 5) is 40.6. The fourth-order valence-electron chi connectivity index (χ4n) is 5.55. The van der Waals surface area contributed by atoms with Crippen molar-refractivity contribution in [2.75, 3.05) is 50.1 Å². The van der Waals surface area contributed by atoms with Crippen molar-refractivity contribution < 1.29 is 9.53 Å². The van der Waals surface area contributed by atoms with Crippen molar-refractivity contribution in [1.29, 1.82) is 0 Å². The number of aromatic nitrogens is 3. The molecule has 1 unspecified atom stereocenters. The number of aldehydes is 1. The van der Waals surface area contributed by atoms with Gasteiger partial charge in [-0.2, -0.15) is 0 Å². The van der Waals surface area contributed by atoms with Gasteiger partial charge in [-0.25, -0.2) is 9.97 Å². The summed E-state index contributed by atoms with van der Waals surface area (Å²) in [6, 6.07) is 11.5. The first-order valence-corrected chi connectivity index (χ1v) is 14.3. The molecule has 1 aromatic carbocycles. The zero-order valence-electron chi connectivity index (χ0n) is 22.8. The number of carbonyl (C=O) groups is 1. The summed E-state index contributed by atoms with van der Waals surface area (Å²) < 4.78 is 7.86. The molecule has 0 aliphatic carbocycles. The second-order valence-electron chi connectivity index (χ2n) is 10.7. The standard InChI is InChI=1S/C30H30Cl2N6O3/c1-35(2)22-15-36(16-22)28-11-20(7-9-33-28)38-14-19(17-39)29(40)23-12-25(32)27(13-26(23)38)37-10-4-5-21(37)18-41-30-24(31)6-3-8-34-30/h3,6-9,11-14,17,21-22H,4-5,10,15-16,18H2,1-2H3. The fraction of sp³-hybridized carbons (Fsp3) is 0.333. The second-order valence-corrected chi connectivity index (χ2v) is 11.5. The fourth-order valence-corrected chi connectivity index (χ4v) is 6.00. The Kier molecular flexibility index (Phi) is 7.59. The lowest BCUT2D eigenvalue weighted by molar-refractivity contribution is 0.112. The molecule has 0 spiro atoms. The average Bonchev–Trinajstić information content (AvgIpc) is 3.40. The summed E-state index contributed by atoms with van der Waals surface area (Å²) in [7, 11) is 4.15. The predicted molar refractivity (Wildman–Crippen MR) is 163 cm³/mol. The SMILES string of the molecule is CN(C)C1CN(c2cc(-n3cc(C=O)c(=O)c4cc(Cl)c(N5CCCC5COc5ncccc5Cl)cc43)ccn2)C1. The first-order chi connectivity index (χ1) is 19.8. The highest BCUT2D eigenvalue weighted by Crippen LogP contribution is 2.36. The Morgan fingerprint density at radius 3 is 2.68 bits per heavy atom. The highest BCUT2D eigenvalue weighted by Gasteiger charge is 2.30. The van der Waals surface area contributed by atoms with E-state index in [0.717, 1.165) is 49.7 Å². The Bertz CT molecular complexity index is 1670. The number of nitrogens with zero attached hydrogens (tertiary/aromatic N) is 6. The minimum absolute atomic E-state index is 0.0426. The van der Waals surface area contributed by atoms with Gasteiger partial charge in [0.15, 0.2) is 11.7 Å². The number of ether oxygens (including phenoxy) is 1. The average molecular weight is 594 g/mol. The number of pyridine rings is 3. The number of fused-ring (bicyclic) bond motifs is 1. The number of hydrogen-bond acceptors (Lipinski definition) is 8. The van der Waals surface area contributed by atoms with Crippen LogP contribution in [0.1, 0.15) is 23.2 Å². The highest BCUT2D eigenvalue weighted by atomic mass is 35.5. The topological polar surface area (TPSA) is 83.8 Å². The van der Waals surface area contributed by atoms with Crippen LogP contribution in [0.4, 0.5) is 11.5 Å². The molecule has 0 radical (unpaired) electrons. The third-order valence-electron chi connectivity index (χ3n) is 7.97. The van der Waals surface area contributed by atoms with Crippen molar-refractivity contribution in [2.45, 2.75) is 24.9 Å². The molecule has 0 bridgehead atoms. The molecule has 9 nitrogen and oxygen atoms in total. The molecular weight excluding hydrogens is 563 g/mol. The van der Waals surface area contributed by atoms with E-state index in [9.17, 15) is 9.59 Å². The van der Waals surface area contributed by atoms with E-state index < -0.39 is 0 Å². The van der Waals surface area contributed by atoms with Gasteiger partial charge in [-0.1, -0.05) is 23.2 Å². The van der Waals surface area contributed by atoms with Crippen LogP contribution >= 0.6 is 23.2 Å². The third kappa shape index (κ3) is 5.25. The maximum atomic E-state index is 13.2. The second kappa shape index (κ2) is 11.3. The molecular formula is C30H30Cl2N6O3. The lowest BCUT2D eigenvalue weighted by Gasteiger charge is -2.43. The molecule has 3 aromatic heterocycles. The van der Waals surface area contributed by atoms with Gasteiger partial charge in [-0.15, -0.1) is 0 Å². The first kappa shape index (κ1) is 27.5. The molecule has 4 aromatic rings. The number of benzene rings is 1. The van der Waals surface area contributed by atoms with Gasteiger partial charge in [0.1, 0.15) is 17.4 Å². The summed E-state index contributed by atoms with van der Waals surface area (Å²) in [6.07, 6.45) is 7.47. The summed E-state index contributed by atoms with van der Waals surface area (Å²) in [5.41, 5.74) is 1.98. The smallest absolute Gasteiger partial charge is 0.232 e. The normalized spacial score (nSPS) is 17.3. The van der Waals surface area contributed by atoms with E-state index in [2.05, 4.69) is 38.8 Å². The van der Waals surface area contributed by atoms with Crippen LogP contribution in [0.25, 0.3) is 16.6 Å². The molecule has 1 atom stereocenters. The van der Waals surface area contributed by atoms with E-state index >= 15 is 0 Å². The van der Waals surface area contributed by atoms with Crippen molar-refractivity contribution in [3.05, 3.63) is 80.8 Å². The highest BCUT2D eigenvalue weighted by molar-refractivity contribution is 6.34. The zero-order valence-corrected chi connectivity index (χ0v) is 24.3. The number of anilines is 2. The molecule has 11 heteroatoms. The molecule has 2 fully saturated rings. The van der Waals surface area contributed by atoms with Crippen LogP contribution in [0.3, 0.4) is 0 Å². The van der Waals surface area contributed by atoms with Crippen LogP contribution in [0, 0.1) is 0 Å². The lowest BCUT2D eigenvalue weighted by Crippen LogP contribution is -2.57. The quantitative estimate of drug-likeness (QED) is 0.272. The van der Waals surface area contributed by atoms with Crippen LogP contribution in [0.5, 0.6) is 5.88 Å². The van der Waals surface area contributed by atoms with Crippen molar-refractivity contribution in [3.63, 3.8) is 0 Å². The Hall–Kier alpha value is -3.66. The molecule has 0 N–H and O–H groups in total. The zero-order chi connectivity index (χ0) is 28.7. The Balaban J connectivity index is 1.38. The Morgan fingerprint density at radius 2 is 1.93 bits per heavy atom. The van der Waals surface area contributed by atoms with Gasteiger partial charge in [0.05, 0.1) is 33.5 Å². The molecule has 5 heterocycles. The molecule has 212 valence electrons. The first-order valence-electron chi connectivity index (χ1n) is 13.6. The van der Waals surface area contributed by atoms with Crippen molar-refractivity contribution in [2.24, 2.45) is 0 Å². The van der Waals surface area contributed by atoms with Crippen LogP contribution < -0.4 is 20.0 Å². The van der Waals surface area contributed by atoms with E-state index in [1.165, 1.54) is 0 Å². The maximum Gasteiger partial charge on any atom is 0.232 e. The monoisotopic (exact) mass is 592 g/mol. The lowest BCUT2D eigenvalue weighted by atomic mass is 10.1. The van der Waals surface area contributed by atoms with Gasteiger partial charge in [-0.05, 0) is 57.3 Å². The molecule has 0 saturated carbocycles. The van der Waals surface area contributed by atoms with Crippen molar-refractivity contribution >= 4 is 51.9 Å². The van der Waals surface area contributed by atoms with Crippen molar-refractivity contribution in [3.8, 4) is 11.6 Å². The largest absolute Gasteiger partial charge is 0.474 e. The molecule has 2 aliphatic heterocycles. The molecule has 6 rings (SSSR count). The van der Waals surface area contributed by atoms with Crippen LogP contribution in [0.2, 0.25) is 10.0 Å². The predicted octanol–water partition coefficient (Wildman–Crippen LogP) is 4.70. The van der Waals surface area contributed by atoms with Gasteiger partial charge in [0.2, 0.25) is 5.88 Å². The molecule has 0 amide bonds. The number of likely N-dealkylation sites (N-methyl/N-ethyl adjacent to an activating group) is 1. The van der Waals surface area contributed by atoms with Gasteiger partial charge < -0.3 is 24.0 Å². The van der Waals surface area contributed by atoms with E-state index in [1.807, 2.05) is 22.8 Å². The Morgan fingerprint density at radius 1 is 1.10 bits per heavy atom. The summed E-state index contributed by atoms with van der Waals surface area (Å²) in [5.74, 6) is 1.24. The van der Waals surface area contributed by atoms with Crippen LogP contribution in [-0.2, 0) is 0 Å². The minimum atomic E-state index is -0.350. The van der Waals surface area contributed by atoms with E-state index in [1.54, 1.807) is 36.8 Å². The van der Waals surface area contributed by atoms with Gasteiger partial charge in [0, 0.05) is 55.7 Å². The third-order valence-corrected chi connectivity index (χ3v) is 8.56. The molecule has 2 saturated heterocycles. The van der Waals surface area contributed by atoms with Crippen LogP contribution in [0.15, 0.2) is 59.8 Å². The van der Waals surface area contributed by atoms with E-state index in [-0.39, 0.29) is 17.0 Å². The van der Waals surface area contributed by atoms with Gasteiger partial charge in [0.25, 0.3) is 0 Å². The summed E-state index contributed by atoms with van der Waals surface area (Å²) in [5, 5.41) is 1.28. The van der Waals surface area contributed by atoms with Gasteiger partial charge in [-0.3, -0.25) is 9.59 Å². The number of halogens is 2. The minimum Gasteiger partial charge on any atom is -0.474 e. The van der Waals surface area contributed by atoms with Gasteiger partial charge >= 0.3 is 0 Å². The Labute approximate surface area is 247 Å². The number of carbonyl (C=O) groups excluding carboxylic acids is 1. The number of hydrogen-bond donors (Lipinski definition) is 0. The molecule has 2 aliphatic rings. The summed E-state index contributed by atoms with van der Waals surface area (Å²) in [6.45, 7) is 2.94. The van der Waals surface area contributed by atoms with E-state index in [4.69, 9.17) is 27.9 Å². The maximum absolute atomic E-state index is 13.2. The molecule has 41 heavy (non-hydrogen) atoms. The summed E-state index contributed by atoms with van der Waals surface area (Å²) >= 11 is 13.1. The van der Waals surface area contributed by atoms with Crippen LogP contribution in [-0.4, -0.2) is 78.1 Å². The van der Waals surface area contributed by atoms with Crippen molar-refractivity contribution in [1.82, 2.24) is 19.4 Å².